The minimum absolute atomic E-state index is 0.569. The van der Waals surface area contributed by atoms with Crippen molar-refractivity contribution in [3.05, 3.63) is 0 Å². The summed E-state index contributed by atoms with van der Waals surface area (Å²) >= 11 is 7.01. The molecule has 0 aliphatic carbocycles. The Hall–Kier alpha value is 0.0400. The molecule has 1 aliphatic rings. The molecule has 11 heavy (non-hydrogen) atoms. The molecule has 0 bridgehead atoms. The van der Waals surface area contributed by atoms with E-state index in [0.29, 0.717) is 6.04 Å². The smallest absolute Gasteiger partial charge is 0.166 e. The van der Waals surface area contributed by atoms with Crippen LogP contribution in [-0.2, 0) is 0 Å². The Kier molecular flexibility index (Phi) is 3.45. The summed E-state index contributed by atoms with van der Waals surface area (Å²) in [6.07, 6.45) is 0. The van der Waals surface area contributed by atoms with Gasteiger partial charge in [-0.1, -0.05) is 6.92 Å². The Labute approximate surface area is 77.5 Å². The number of hydrogen-bond donors (Lipinski definition) is 2. The summed E-state index contributed by atoms with van der Waals surface area (Å²) in [6.45, 7) is 2.26. The quantitative estimate of drug-likeness (QED) is 0.598. The zero-order valence-corrected chi connectivity index (χ0v) is 8.52. The maximum Gasteiger partial charge on any atom is 0.166 e. The van der Waals surface area contributed by atoms with Crippen molar-refractivity contribution < 1.29 is 0 Å². The van der Waals surface area contributed by atoms with Crippen LogP contribution >= 0.6 is 24.0 Å². The predicted molar refractivity (Wildman–Crippen MR) is 55.1 cm³/mol. The molecule has 0 spiro atoms. The van der Waals surface area contributed by atoms with Gasteiger partial charge in [-0.05, 0) is 23.9 Å². The van der Waals surface area contributed by atoms with E-state index in [1.165, 1.54) is 11.5 Å². The number of nitrogens with one attached hydrogen (secondary N) is 2. The molecule has 1 heterocycles. The summed E-state index contributed by atoms with van der Waals surface area (Å²) in [5.41, 5.74) is 0. The minimum Gasteiger partial charge on any atom is -0.366 e. The fraction of sp³-hybridized carbons (Fsp3) is 0.857. The summed E-state index contributed by atoms with van der Waals surface area (Å²) in [5.74, 6) is 3.18. The highest BCUT2D eigenvalue weighted by molar-refractivity contribution is 7.99. The first-order chi connectivity index (χ1) is 5.24. The number of rotatable bonds is 1. The highest BCUT2D eigenvalue weighted by Gasteiger charge is 2.23. The van der Waals surface area contributed by atoms with E-state index in [9.17, 15) is 0 Å². The van der Waals surface area contributed by atoms with Crippen molar-refractivity contribution in [1.82, 2.24) is 10.6 Å². The second kappa shape index (κ2) is 4.16. The van der Waals surface area contributed by atoms with Gasteiger partial charge in [-0.2, -0.15) is 11.8 Å². The topological polar surface area (TPSA) is 24.1 Å². The molecule has 1 rings (SSSR count). The van der Waals surface area contributed by atoms with Gasteiger partial charge in [-0.25, -0.2) is 0 Å². The lowest BCUT2D eigenvalue weighted by Gasteiger charge is -2.17. The molecule has 2 atom stereocenters. The molecule has 2 N–H and O–H groups in total. The van der Waals surface area contributed by atoms with Crippen LogP contribution in [0.4, 0.5) is 0 Å². The molecule has 2 nitrogen and oxygen atoms in total. The third kappa shape index (κ3) is 2.52. The Balaban J connectivity index is 2.30. The van der Waals surface area contributed by atoms with Crippen LogP contribution in [0.2, 0.25) is 0 Å². The molecule has 0 aromatic carbocycles. The van der Waals surface area contributed by atoms with Crippen molar-refractivity contribution >= 4 is 29.1 Å². The van der Waals surface area contributed by atoms with E-state index < -0.39 is 0 Å². The highest BCUT2D eigenvalue weighted by Crippen LogP contribution is 2.23. The molecule has 0 radical (unpaired) electrons. The third-order valence-electron chi connectivity index (χ3n) is 1.91. The highest BCUT2D eigenvalue weighted by atomic mass is 32.2. The SMILES string of the molecule is CNC(=S)NC1CSCC1C. The van der Waals surface area contributed by atoms with Crippen LogP contribution in [0.5, 0.6) is 0 Å². The van der Waals surface area contributed by atoms with Gasteiger partial charge in [0, 0.05) is 18.8 Å². The Morgan fingerprint density at radius 1 is 1.55 bits per heavy atom. The summed E-state index contributed by atoms with van der Waals surface area (Å²) < 4.78 is 0. The fourth-order valence-corrected chi connectivity index (χ4v) is 2.64. The van der Waals surface area contributed by atoms with Gasteiger partial charge < -0.3 is 10.6 Å². The van der Waals surface area contributed by atoms with E-state index in [4.69, 9.17) is 12.2 Å². The van der Waals surface area contributed by atoms with Crippen LogP contribution in [0, 0.1) is 5.92 Å². The van der Waals surface area contributed by atoms with Crippen LogP contribution < -0.4 is 10.6 Å². The van der Waals surface area contributed by atoms with Crippen molar-refractivity contribution in [2.75, 3.05) is 18.6 Å². The molecule has 1 fully saturated rings. The van der Waals surface area contributed by atoms with Crippen molar-refractivity contribution in [2.24, 2.45) is 5.92 Å². The summed E-state index contributed by atoms with van der Waals surface area (Å²) in [6, 6.07) is 0.569. The van der Waals surface area contributed by atoms with Crippen LogP contribution in [0.25, 0.3) is 0 Å². The maximum absolute atomic E-state index is 5.01. The molecule has 0 aromatic heterocycles. The van der Waals surface area contributed by atoms with Crippen molar-refractivity contribution in [1.29, 1.82) is 0 Å². The molecule has 64 valence electrons. The standard InChI is InChI=1S/C7H14N2S2/c1-5-3-11-4-6(5)9-7(10)8-2/h5-6H,3-4H2,1-2H3,(H2,8,9,10). The summed E-state index contributed by atoms with van der Waals surface area (Å²) in [5, 5.41) is 6.97. The zero-order chi connectivity index (χ0) is 8.27. The summed E-state index contributed by atoms with van der Waals surface area (Å²) in [7, 11) is 1.85. The van der Waals surface area contributed by atoms with Gasteiger partial charge in [0.2, 0.25) is 0 Å². The zero-order valence-electron chi connectivity index (χ0n) is 6.89. The Bertz CT molecular complexity index is 149. The van der Waals surface area contributed by atoms with Gasteiger partial charge in [-0.15, -0.1) is 0 Å². The molecular weight excluding hydrogens is 176 g/mol. The number of thiocarbonyl (C=S) groups is 1. The second-order valence-electron chi connectivity index (χ2n) is 2.84. The Morgan fingerprint density at radius 2 is 2.27 bits per heavy atom. The first-order valence-electron chi connectivity index (χ1n) is 3.80. The van der Waals surface area contributed by atoms with Gasteiger partial charge in [0.15, 0.2) is 5.11 Å². The van der Waals surface area contributed by atoms with Crippen LogP contribution in [0.1, 0.15) is 6.92 Å². The van der Waals surface area contributed by atoms with Gasteiger partial charge >= 0.3 is 0 Å². The van der Waals surface area contributed by atoms with E-state index in [1.807, 2.05) is 18.8 Å². The minimum atomic E-state index is 0.569. The van der Waals surface area contributed by atoms with Gasteiger partial charge in [0.25, 0.3) is 0 Å². The average Bonchev–Trinajstić information content (AvgIpc) is 2.37. The van der Waals surface area contributed by atoms with Crippen LogP contribution in [-0.4, -0.2) is 29.7 Å². The second-order valence-corrected chi connectivity index (χ2v) is 4.33. The first kappa shape index (κ1) is 9.13. The monoisotopic (exact) mass is 190 g/mol. The predicted octanol–water partition coefficient (Wildman–Crippen LogP) is 0.832. The van der Waals surface area contributed by atoms with Crippen molar-refractivity contribution in [3.8, 4) is 0 Å². The first-order valence-corrected chi connectivity index (χ1v) is 5.36. The Morgan fingerprint density at radius 3 is 2.73 bits per heavy atom. The largest absolute Gasteiger partial charge is 0.366 e. The van der Waals surface area contributed by atoms with Crippen LogP contribution in [0.15, 0.2) is 0 Å². The van der Waals surface area contributed by atoms with Crippen molar-refractivity contribution in [3.63, 3.8) is 0 Å². The molecule has 1 saturated heterocycles. The number of thioether (sulfide) groups is 1. The molecule has 2 unspecified atom stereocenters. The molecule has 0 saturated carbocycles. The van der Waals surface area contributed by atoms with Gasteiger partial charge in [0.1, 0.15) is 0 Å². The van der Waals surface area contributed by atoms with E-state index in [-0.39, 0.29) is 0 Å². The average molecular weight is 190 g/mol. The number of hydrogen-bond acceptors (Lipinski definition) is 2. The maximum atomic E-state index is 5.01. The lowest BCUT2D eigenvalue weighted by atomic mass is 10.1. The lowest BCUT2D eigenvalue weighted by molar-refractivity contribution is 0.519. The third-order valence-corrected chi connectivity index (χ3v) is 3.59. The van der Waals surface area contributed by atoms with E-state index in [0.717, 1.165) is 11.0 Å². The molecule has 1 aliphatic heterocycles. The van der Waals surface area contributed by atoms with Crippen molar-refractivity contribution in [2.45, 2.75) is 13.0 Å². The van der Waals surface area contributed by atoms with E-state index >= 15 is 0 Å². The van der Waals surface area contributed by atoms with Gasteiger partial charge in [0.05, 0.1) is 0 Å². The molecule has 0 aromatic rings. The fourth-order valence-electron chi connectivity index (χ4n) is 1.09. The van der Waals surface area contributed by atoms with Gasteiger partial charge in [-0.3, -0.25) is 0 Å². The van der Waals surface area contributed by atoms with E-state index in [1.54, 1.807) is 0 Å². The molecule has 4 heteroatoms. The normalized spacial score (nSPS) is 30.0. The summed E-state index contributed by atoms with van der Waals surface area (Å²) in [4.78, 5) is 0. The van der Waals surface area contributed by atoms with Crippen LogP contribution in [0.3, 0.4) is 0 Å². The molecular formula is C7H14N2S2. The lowest BCUT2D eigenvalue weighted by Crippen LogP contribution is -2.43. The molecule has 0 amide bonds. The van der Waals surface area contributed by atoms with E-state index in [2.05, 4.69) is 17.6 Å².